The van der Waals surface area contributed by atoms with Crippen LogP contribution < -0.4 is 4.90 Å². The number of hydrogen-bond acceptors (Lipinski definition) is 2. The van der Waals surface area contributed by atoms with Crippen molar-refractivity contribution in [1.29, 1.82) is 0 Å². The highest BCUT2D eigenvalue weighted by atomic mass is 35.5. The zero-order valence-corrected chi connectivity index (χ0v) is 13.8. The lowest BCUT2D eigenvalue weighted by molar-refractivity contribution is 0.297. The molecule has 0 bridgehead atoms. The maximum atomic E-state index is 6.05. The van der Waals surface area contributed by atoms with Crippen LogP contribution in [0.3, 0.4) is 0 Å². The minimum atomic E-state index is 0.463. The van der Waals surface area contributed by atoms with Crippen LogP contribution in [0.4, 0.5) is 5.69 Å². The molecule has 3 unspecified atom stereocenters. The normalized spacial score (nSPS) is 26.3. The molecular weight excluding hydrogens is 280 g/mol. The Labute approximate surface area is 132 Å². The van der Waals surface area contributed by atoms with Crippen molar-refractivity contribution in [3.8, 4) is 0 Å². The van der Waals surface area contributed by atoms with Gasteiger partial charge in [0.1, 0.15) is 0 Å². The monoisotopic (exact) mass is 302 g/mol. The first-order valence-corrected chi connectivity index (χ1v) is 8.35. The number of para-hydroxylation sites is 1. The molecule has 1 saturated heterocycles. The second-order valence-electron chi connectivity index (χ2n) is 6.49. The predicted molar refractivity (Wildman–Crippen MR) is 91.1 cm³/mol. The van der Waals surface area contributed by atoms with Gasteiger partial charge in [0, 0.05) is 23.7 Å². The lowest BCUT2D eigenvalue weighted by Gasteiger charge is -2.43. The van der Waals surface area contributed by atoms with Gasteiger partial charge in [-0.2, -0.15) is 0 Å². The summed E-state index contributed by atoms with van der Waals surface area (Å²) in [5, 5.41) is 1.24. The predicted octanol–water partition coefficient (Wildman–Crippen LogP) is 4.84. The standard InChI is InChI=1S/C18H23ClN2/c1-12-8-13(2)14(3)21(11-12)18-9-15(10-19)20-17-7-5-4-6-16(17)18/h4-7,9,12-14H,8,10-11H2,1-3H3. The minimum Gasteiger partial charge on any atom is -0.368 e. The van der Waals surface area contributed by atoms with Crippen LogP contribution in [-0.2, 0) is 5.88 Å². The highest BCUT2D eigenvalue weighted by Gasteiger charge is 2.30. The zero-order chi connectivity index (χ0) is 15.0. The molecule has 0 aliphatic carbocycles. The summed E-state index contributed by atoms with van der Waals surface area (Å²) in [6.07, 6.45) is 1.31. The fourth-order valence-electron chi connectivity index (χ4n) is 3.55. The van der Waals surface area contributed by atoms with E-state index >= 15 is 0 Å². The molecule has 2 nitrogen and oxygen atoms in total. The fourth-order valence-corrected chi connectivity index (χ4v) is 3.69. The first-order valence-electron chi connectivity index (χ1n) is 7.81. The van der Waals surface area contributed by atoms with Crippen LogP contribution in [0.5, 0.6) is 0 Å². The molecule has 1 fully saturated rings. The molecule has 1 aromatic heterocycles. The van der Waals surface area contributed by atoms with Gasteiger partial charge in [0.25, 0.3) is 0 Å². The van der Waals surface area contributed by atoms with Gasteiger partial charge in [0.05, 0.1) is 17.1 Å². The van der Waals surface area contributed by atoms with E-state index in [-0.39, 0.29) is 0 Å². The van der Waals surface area contributed by atoms with E-state index < -0.39 is 0 Å². The fraction of sp³-hybridized carbons (Fsp3) is 0.500. The number of halogens is 1. The second kappa shape index (κ2) is 5.84. The van der Waals surface area contributed by atoms with Crippen LogP contribution in [0.2, 0.25) is 0 Å². The largest absolute Gasteiger partial charge is 0.368 e. The second-order valence-corrected chi connectivity index (χ2v) is 6.76. The van der Waals surface area contributed by atoms with Crippen molar-refractivity contribution >= 4 is 28.2 Å². The molecule has 3 heteroatoms. The van der Waals surface area contributed by atoms with Gasteiger partial charge < -0.3 is 4.90 Å². The van der Waals surface area contributed by atoms with Crippen molar-refractivity contribution in [2.45, 2.75) is 39.1 Å². The number of alkyl halides is 1. The number of fused-ring (bicyclic) bond motifs is 1. The molecule has 0 saturated carbocycles. The average molecular weight is 303 g/mol. The lowest BCUT2D eigenvalue weighted by atomic mass is 9.85. The number of piperidine rings is 1. The van der Waals surface area contributed by atoms with E-state index in [0.29, 0.717) is 17.8 Å². The van der Waals surface area contributed by atoms with E-state index in [1.54, 1.807) is 0 Å². The smallest absolute Gasteiger partial charge is 0.0726 e. The van der Waals surface area contributed by atoms with E-state index in [2.05, 4.69) is 54.9 Å². The Morgan fingerprint density at radius 3 is 2.76 bits per heavy atom. The van der Waals surface area contributed by atoms with Crippen LogP contribution in [-0.4, -0.2) is 17.6 Å². The highest BCUT2D eigenvalue weighted by molar-refractivity contribution is 6.17. The Morgan fingerprint density at radius 2 is 2.00 bits per heavy atom. The van der Waals surface area contributed by atoms with E-state index in [1.165, 1.54) is 17.5 Å². The van der Waals surface area contributed by atoms with E-state index in [9.17, 15) is 0 Å². The van der Waals surface area contributed by atoms with Gasteiger partial charge in [-0.05, 0) is 37.3 Å². The number of hydrogen-bond donors (Lipinski definition) is 0. The van der Waals surface area contributed by atoms with E-state index in [4.69, 9.17) is 11.6 Å². The summed E-state index contributed by atoms with van der Waals surface area (Å²) in [6, 6.07) is 11.1. The number of pyridine rings is 1. The van der Waals surface area contributed by atoms with Gasteiger partial charge in [-0.1, -0.05) is 32.0 Å². The van der Waals surface area contributed by atoms with Crippen LogP contribution >= 0.6 is 11.6 Å². The number of anilines is 1. The summed E-state index contributed by atoms with van der Waals surface area (Å²) in [5.74, 6) is 1.90. The van der Waals surface area contributed by atoms with E-state index in [1.807, 2.05) is 6.07 Å². The molecule has 2 aromatic rings. The molecule has 2 heterocycles. The molecule has 1 aromatic carbocycles. The van der Waals surface area contributed by atoms with Crippen molar-refractivity contribution in [1.82, 2.24) is 4.98 Å². The first-order chi connectivity index (χ1) is 10.1. The Balaban J connectivity index is 2.13. The van der Waals surface area contributed by atoms with Gasteiger partial charge in [-0.3, -0.25) is 4.98 Å². The molecule has 1 aliphatic rings. The summed E-state index contributed by atoms with van der Waals surface area (Å²) in [5.41, 5.74) is 3.30. The molecular formula is C18H23ClN2. The minimum absolute atomic E-state index is 0.463. The zero-order valence-electron chi connectivity index (χ0n) is 13.0. The molecule has 3 atom stereocenters. The number of benzene rings is 1. The Bertz CT molecular complexity index is 640. The van der Waals surface area contributed by atoms with Crippen molar-refractivity contribution in [2.75, 3.05) is 11.4 Å². The van der Waals surface area contributed by atoms with Gasteiger partial charge in [0.2, 0.25) is 0 Å². The van der Waals surface area contributed by atoms with Gasteiger partial charge >= 0.3 is 0 Å². The van der Waals surface area contributed by atoms with Gasteiger partial charge in [-0.25, -0.2) is 0 Å². The molecule has 0 radical (unpaired) electrons. The third-order valence-electron chi connectivity index (χ3n) is 4.79. The van der Waals surface area contributed by atoms with Crippen molar-refractivity contribution < 1.29 is 0 Å². The molecule has 112 valence electrons. The lowest BCUT2D eigenvalue weighted by Crippen LogP contribution is -2.46. The summed E-state index contributed by atoms with van der Waals surface area (Å²) in [6.45, 7) is 8.16. The summed E-state index contributed by atoms with van der Waals surface area (Å²) in [4.78, 5) is 7.21. The first kappa shape index (κ1) is 14.6. The maximum absolute atomic E-state index is 6.05. The third-order valence-corrected chi connectivity index (χ3v) is 5.07. The van der Waals surface area contributed by atoms with Gasteiger partial charge in [-0.15, -0.1) is 11.6 Å². The molecule has 1 aliphatic heterocycles. The van der Waals surface area contributed by atoms with Gasteiger partial charge in [0.15, 0.2) is 0 Å². The van der Waals surface area contributed by atoms with Crippen LogP contribution in [0.1, 0.15) is 32.9 Å². The topological polar surface area (TPSA) is 16.1 Å². The van der Waals surface area contributed by atoms with Crippen molar-refractivity contribution in [3.63, 3.8) is 0 Å². The van der Waals surface area contributed by atoms with Crippen LogP contribution in [0.25, 0.3) is 10.9 Å². The molecule has 21 heavy (non-hydrogen) atoms. The quantitative estimate of drug-likeness (QED) is 0.738. The average Bonchev–Trinajstić information content (AvgIpc) is 2.49. The highest BCUT2D eigenvalue weighted by Crippen LogP contribution is 2.35. The molecule has 0 spiro atoms. The summed E-state index contributed by atoms with van der Waals surface area (Å²) >= 11 is 6.05. The SMILES string of the molecule is CC1CC(C)C(C)N(c2cc(CCl)nc3ccccc23)C1. The van der Waals surface area contributed by atoms with E-state index in [0.717, 1.165) is 23.7 Å². The Kier molecular flexibility index (Phi) is 4.08. The molecule has 3 rings (SSSR count). The molecule has 0 N–H and O–H groups in total. The number of rotatable bonds is 2. The number of nitrogens with zero attached hydrogens (tertiary/aromatic N) is 2. The summed E-state index contributed by atoms with van der Waals surface area (Å²) in [7, 11) is 0. The Hall–Kier alpha value is -1.28. The maximum Gasteiger partial charge on any atom is 0.0726 e. The Morgan fingerprint density at radius 1 is 1.24 bits per heavy atom. The number of aromatic nitrogens is 1. The molecule has 0 amide bonds. The third kappa shape index (κ3) is 2.74. The summed E-state index contributed by atoms with van der Waals surface area (Å²) < 4.78 is 0. The van der Waals surface area contributed by atoms with Crippen LogP contribution in [0, 0.1) is 11.8 Å². The van der Waals surface area contributed by atoms with Crippen LogP contribution in [0.15, 0.2) is 30.3 Å². The van der Waals surface area contributed by atoms with Crippen molar-refractivity contribution in [2.24, 2.45) is 11.8 Å². The van der Waals surface area contributed by atoms with Crippen molar-refractivity contribution in [3.05, 3.63) is 36.0 Å².